The molecular formula is C18H31Cl2N3O. The minimum absolute atomic E-state index is 0. The zero-order chi connectivity index (χ0) is 16.0. The first kappa shape index (κ1) is 23.2. The molecule has 1 fully saturated rings. The van der Waals surface area contributed by atoms with Crippen LogP contribution < -0.4 is 11.1 Å². The highest BCUT2D eigenvalue weighted by molar-refractivity contribution is 5.87. The van der Waals surface area contributed by atoms with Gasteiger partial charge in [-0.3, -0.25) is 4.79 Å². The molecule has 0 bridgehead atoms. The minimum Gasteiger partial charge on any atom is -0.354 e. The SMILES string of the molecule is CC1CCN(CCCNC(=O)C(C)(N)c2ccccc2)CC1.Cl.Cl. The summed E-state index contributed by atoms with van der Waals surface area (Å²) in [5, 5.41) is 2.98. The zero-order valence-electron chi connectivity index (χ0n) is 14.7. The number of rotatable bonds is 6. The van der Waals surface area contributed by atoms with Gasteiger partial charge in [0.05, 0.1) is 0 Å². The van der Waals surface area contributed by atoms with Gasteiger partial charge in [0.25, 0.3) is 0 Å². The summed E-state index contributed by atoms with van der Waals surface area (Å²) in [6, 6.07) is 9.54. The molecule has 1 unspecified atom stereocenters. The average molecular weight is 376 g/mol. The fraction of sp³-hybridized carbons (Fsp3) is 0.611. The van der Waals surface area contributed by atoms with Gasteiger partial charge in [0.15, 0.2) is 0 Å². The quantitative estimate of drug-likeness (QED) is 0.751. The number of benzene rings is 1. The molecule has 6 heteroatoms. The third-order valence-electron chi connectivity index (χ3n) is 4.66. The summed E-state index contributed by atoms with van der Waals surface area (Å²) in [7, 11) is 0. The molecule has 3 N–H and O–H groups in total. The Bertz CT molecular complexity index is 474. The zero-order valence-corrected chi connectivity index (χ0v) is 16.3. The van der Waals surface area contributed by atoms with E-state index in [1.807, 2.05) is 30.3 Å². The standard InChI is InChI=1S/C18H29N3O.2ClH/c1-15-9-13-21(14-10-15)12-6-11-20-17(22)18(2,19)16-7-4-3-5-8-16;;/h3-5,7-8,15H,6,9-14,19H2,1-2H3,(H,20,22);2*1H. The van der Waals surface area contributed by atoms with Crippen molar-refractivity contribution in [3.8, 4) is 0 Å². The van der Waals surface area contributed by atoms with Gasteiger partial charge in [-0.15, -0.1) is 24.8 Å². The number of nitrogens with two attached hydrogens (primary N) is 1. The van der Waals surface area contributed by atoms with Gasteiger partial charge < -0.3 is 16.0 Å². The highest BCUT2D eigenvalue weighted by atomic mass is 35.5. The first-order valence-electron chi connectivity index (χ1n) is 8.35. The molecule has 0 saturated carbocycles. The first-order valence-corrected chi connectivity index (χ1v) is 8.35. The molecule has 1 aromatic carbocycles. The number of carbonyl (C=O) groups excluding carboxylic acids is 1. The summed E-state index contributed by atoms with van der Waals surface area (Å²) >= 11 is 0. The molecule has 24 heavy (non-hydrogen) atoms. The number of carbonyl (C=O) groups is 1. The van der Waals surface area contributed by atoms with Crippen molar-refractivity contribution in [1.29, 1.82) is 0 Å². The lowest BCUT2D eigenvalue weighted by Gasteiger charge is -2.30. The van der Waals surface area contributed by atoms with Crippen molar-refractivity contribution in [3.05, 3.63) is 35.9 Å². The topological polar surface area (TPSA) is 58.4 Å². The molecule has 1 amide bonds. The van der Waals surface area contributed by atoms with Crippen LogP contribution in [0.5, 0.6) is 0 Å². The number of amides is 1. The number of likely N-dealkylation sites (tertiary alicyclic amines) is 1. The van der Waals surface area contributed by atoms with E-state index in [1.54, 1.807) is 6.92 Å². The number of hydrogen-bond acceptors (Lipinski definition) is 3. The molecule has 1 saturated heterocycles. The molecule has 1 aliphatic rings. The summed E-state index contributed by atoms with van der Waals surface area (Å²) in [5.74, 6) is 0.755. The Morgan fingerprint density at radius 2 is 1.83 bits per heavy atom. The van der Waals surface area contributed by atoms with Crippen LogP contribution in [0.15, 0.2) is 30.3 Å². The predicted octanol–water partition coefficient (Wildman–Crippen LogP) is 2.94. The number of piperidine rings is 1. The maximum Gasteiger partial charge on any atom is 0.244 e. The Hall–Kier alpha value is -0.810. The lowest BCUT2D eigenvalue weighted by molar-refractivity contribution is -0.126. The van der Waals surface area contributed by atoms with Crippen LogP contribution in [-0.2, 0) is 10.3 Å². The summed E-state index contributed by atoms with van der Waals surface area (Å²) in [4.78, 5) is 14.8. The molecule has 1 aromatic rings. The third kappa shape index (κ3) is 6.60. The Morgan fingerprint density at radius 1 is 1.25 bits per heavy atom. The highest BCUT2D eigenvalue weighted by Crippen LogP contribution is 2.18. The molecule has 0 radical (unpaired) electrons. The van der Waals surface area contributed by atoms with Gasteiger partial charge in [-0.2, -0.15) is 0 Å². The van der Waals surface area contributed by atoms with Crippen LogP contribution in [0.25, 0.3) is 0 Å². The number of halogens is 2. The Balaban J connectivity index is 0.00000264. The van der Waals surface area contributed by atoms with Crippen molar-refractivity contribution in [2.75, 3.05) is 26.2 Å². The van der Waals surface area contributed by atoms with Crippen LogP contribution in [0, 0.1) is 5.92 Å². The second kappa shape index (κ2) is 10.9. The second-order valence-corrected chi connectivity index (χ2v) is 6.70. The molecule has 0 spiro atoms. The van der Waals surface area contributed by atoms with Gasteiger partial charge in [0.2, 0.25) is 5.91 Å². The van der Waals surface area contributed by atoms with E-state index in [-0.39, 0.29) is 30.7 Å². The van der Waals surface area contributed by atoms with E-state index in [2.05, 4.69) is 17.1 Å². The molecule has 138 valence electrons. The number of hydrogen-bond donors (Lipinski definition) is 2. The van der Waals surface area contributed by atoms with Gasteiger partial charge >= 0.3 is 0 Å². The summed E-state index contributed by atoms with van der Waals surface area (Å²) in [5.41, 5.74) is 6.07. The van der Waals surface area contributed by atoms with Crippen LogP contribution in [0.1, 0.15) is 38.7 Å². The van der Waals surface area contributed by atoms with E-state index in [0.717, 1.165) is 24.4 Å². The maximum atomic E-state index is 12.3. The van der Waals surface area contributed by atoms with Gasteiger partial charge in [-0.05, 0) is 57.3 Å². The lowest BCUT2D eigenvalue weighted by Crippen LogP contribution is -2.49. The van der Waals surface area contributed by atoms with E-state index in [1.165, 1.54) is 25.9 Å². The van der Waals surface area contributed by atoms with Crippen molar-refractivity contribution < 1.29 is 4.79 Å². The van der Waals surface area contributed by atoms with Crippen molar-refractivity contribution >= 4 is 30.7 Å². The Morgan fingerprint density at radius 3 is 2.42 bits per heavy atom. The van der Waals surface area contributed by atoms with Crippen molar-refractivity contribution in [3.63, 3.8) is 0 Å². The van der Waals surface area contributed by atoms with Gasteiger partial charge in [0, 0.05) is 6.54 Å². The Kier molecular flexibility index (Phi) is 10.6. The van der Waals surface area contributed by atoms with E-state index in [9.17, 15) is 4.79 Å². The van der Waals surface area contributed by atoms with Crippen LogP contribution in [-0.4, -0.2) is 37.0 Å². The van der Waals surface area contributed by atoms with E-state index >= 15 is 0 Å². The van der Waals surface area contributed by atoms with Crippen LogP contribution in [0.3, 0.4) is 0 Å². The number of nitrogens with one attached hydrogen (secondary N) is 1. The van der Waals surface area contributed by atoms with Crippen LogP contribution >= 0.6 is 24.8 Å². The molecule has 0 aliphatic carbocycles. The average Bonchev–Trinajstić information content (AvgIpc) is 2.54. The van der Waals surface area contributed by atoms with E-state index < -0.39 is 5.54 Å². The number of nitrogens with zero attached hydrogens (tertiary/aromatic N) is 1. The largest absolute Gasteiger partial charge is 0.354 e. The third-order valence-corrected chi connectivity index (χ3v) is 4.66. The first-order chi connectivity index (χ1) is 10.5. The van der Waals surface area contributed by atoms with Crippen molar-refractivity contribution in [2.45, 2.75) is 38.6 Å². The smallest absolute Gasteiger partial charge is 0.244 e. The highest BCUT2D eigenvalue weighted by Gasteiger charge is 2.29. The fourth-order valence-corrected chi connectivity index (χ4v) is 2.89. The predicted molar refractivity (Wildman–Crippen MR) is 105 cm³/mol. The van der Waals surface area contributed by atoms with E-state index in [0.29, 0.717) is 6.54 Å². The molecule has 0 aromatic heterocycles. The maximum absolute atomic E-state index is 12.3. The summed E-state index contributed by atoms with van der Waals surface area (Å²) < 4.78 is 0. The summed E-state index contributed by atoms with van der Waals surface area (Å²) in [6.45, 7) is 8.21. The van der Waals surface area contributed by atoms with E-state index in [4.69, 9.17) is 5.73 Å². The van der Waals surface area contributed by atoms with Crippen molar-refractivity contribution in [1.82, 2.24) is 10.2 Å². The Labute approximate surface area is 158 Å². The van der Waals surface area contributed by atoms with Crippen LogP contribution in [0.2, 0.25) is 0 Å². The monoisotopic (exact) mass is 375 g/mol. The molecule has 4 nitrogen and oxygen atoms in total. The molecule has 2 rings (SSSR count). The molecule has 1 heterocycles. The minimum atomic E-state index is -0.970. The van der Waals surface area contributed by atoms with Gasteiger partial charge in [-0.1, -0.05) is 37.3 Å². The normalized spacial score (nSPS) is 18.0. The fourth-order valence-electron chi connectivity index (χ4n) is 2.89. The lowest BCUT2D eigenvalue weighted by atomic mass is 9.92. The molecule has 1 atom stereocenters. The second-order valence-electron chi connectivity index (χ2n) is 6.70. The van der Waals surface area contributed by atoms with Crippen LogP contribution in [0.4, 0.5) is 0 Å². The van der Waals surface area contributed by atoms with Gasteiger partial charge in [0.1, 0.15) is 5.54 Å². The van der Waals surface area contributed by atoms with Crippen molar-refractivity contribution in [2.24, 2.45) is 11.7 Å². The molecule has 1 aliphatic heterocycles. The van der Waals surface area contributed by atoms with Gasteiger partial charge in [-0.25, -0.2) is 0 Å². The summed E-state index contributed by atoms with van der Waals surface area (Å²) in [6.07, 6.45) is 3.56. The molecular weight excluding hydrogens is 345 g/mol.